The summed E-state index contributed by atoms with van der Waals surface area (Å²) in [6.07, 6.45) is -1.62. The summed E-state index contributed by atoms with van der Waals surface area (Å²) in [4.78, 5) is 53.2. The molecule has 5 atom stereocenters. The number of ketones is 2. The second kappa shape index (κ2) is 9.21. The molecule has 1 heterocycles. The number of rotatable bonds is 2. The van der Waals surface area contributed by atoms with E-state index in [-0.39, 0.29) is 64.2 Å². The standard InChI is InChI=1S/C33H28O12/c1-12-10-32-11-14-9-18-23(29(41)24-17(36)7-8-19(37)33(24,45-18)31(42)43-3)26(38)21(14)20(12)27(39)25(32)28(40)22-15(5-4-6-16(22)35)30(32)44-13(2)34/h4-6,9-10,19-20,30,35,37-38,40-41H,7-8,11H2,1-3H3/t19?,20-,30?,32-,33?/m0/s1. The molecule has 232 valence electrons. The van der Waals surface area contributed by atoms with Gasteiger partial charge in [0.15, 0.2) is 11.6 Å². The van der Waals surface area contributed by atoms with Crippen molar-refractivity contribution in [2.75, 3.05) is 7.11 Å². The number of fused-ring (bicyclic) bond motifs is 3. The molecule has 1 saturated carbocycles. The molecule has 1 spiro atoms. The lowest BCUT2D eigenvalue weighted by Gasteiger charge is -2.45. The highest BCUT2D eigenvalue weighted by Gasteiger charge is 2.63. The fraction of sp³-hybridized carbons (Fsp3) is 0.333. The van der Waals surface area contributed by atoms with Gasteiger partial charge in [0.2, 0.25) is 0 Å². The molecule has 3 unspecified atom stereocenters. The highest BCUT2D eigenvalue weighted by atomic mass is 16.6. The van der Waals surface area contributed by atoms with Gasteiger partial charge < -0.3 is 39.7 Å². The normalized spacial score (nSPS) is 29.3. The topological polar surface area (TPSA) is 197 Å². The van der Waals surface area contributed by atoms with Gasteiger partial charge in [-0.15, -0.1) is 0 Å². The summed E-state index contributed by atoms with van der Waals surface area (Å²) in [5.74, 6) is -6.86. The summed E-state index contributed by atoms with van der Waals surface area (Å²) < 4.78 is 16.8. The van der Waals surface area contributed by atoms with E-state index in [0.29, 0.717) is 5.57 Å². The number of methoxy groups -OCH3 is 1. The van der Waals surface area contributed by atoms with Crippen molar-refractivity contribution in [1.29, 1.82) is 0 Å². The maximum absolute atomic E-state index is 14.4. The Balaban J connectivity index is 1.54. The van der Waals surface area contributed by atoms with E-state index in [0.717, 1.165) is 7.11 Å². The largest absolute Gasteiger partial charge is 0.507 e. The molecule has 6 aliphatic rings. The smallest absolute Gasteiger partial charge is 0.358 e. The molecular formula is C33H28O12. The van der Waals surface area contributed by atoms with E-state index in [2.05, 4.69) is 0 Å². The van der Waals surface area contributed by atoms with Gasteiger partial charge in [-0.1, -0.05) is 23.8 Å². The number of allylic oxidation sites excluding steroid dienone is 1. The minimum Gasteiger partial charge on any atom is -0.507 e. The van der Waals surface area contributed by atoms with E-state index in [1.807, 2.05) is 0 Å². The van der Waals surface area contributed by atoms with E-state index in [1.54, 1.807) is 19.1 Å². The molecule has 1 fully saturated rings. The van der Waals surface area contributed by atoms with Crippen molar-refractivity contribution in [2.24, 2.45) is 5.41 Å². The Kier molecular flexibility index (Phi) is 5.86. The van der Waals surface area contributed by atoms with Gasteiger partial charge in [-0.3, -0.25) is 14.4 Å². The summed E-state index contributed by atoms with van der Waals surface area (Å²) in [5.41, 5.74) is -4.02. The van der Waals surface area contributed by atoms with Crippen LogP contribution in [0.15, 0.2) is 47.1 Å². The van der Waals surface area contributed by atoms with Crippen LogP contribution in [0.1, 0.15) is 66.5 Å². The molecule has 5 aliphatic carbocycles. The van der Waals surface area contributed by atoms with Crippen LogP contribution in [0.25, 0.3) is 11.5 Å². The molecule has 0 saturated heterocycles. The van der Waals surface area contributed by atoms with E-state index >= 15 is 0 Å². The van der Waals surface area contributed by atoms with Gasteiger partial charge in [0, 0.05) is 24.5 Å². The Bertz CT molecular complexity index is 1900. The quantitative estimate of drug-likeness (QED) is 0.245. The highest BCUT2D eigenvalue weighted by molar-refractivity contribution is 6.14. The van der Waals surface area contributed by atoms with E-state index in [1.165, 1.54) is 25.1 Å². The SMILES string of the molecule is COC(=O)C12Oc3cc4c(c(O)c3C(O)=C1C(=O)CCC2O)[C@H]1C(=O)C2=C(O)c3c(O)cccc3C(OC(C)=O)[C@@]2(C=C1C)C4. The third kappa shape index (κ3) is 3.40. The average Bonchev–Trinajstić information content (AvgIpc) is 3.17. The molecule has 8 rings (SSSR count). The number of phenolic OH excluding ortho intramolecular Hbond substituents is 2. The number of aliphatic hydroxyl groups is 3. The Hall–Kier alpha value is -5.10. The second-order valence-electron chi connectivity index (χ2n) is 12.1. The first-order valence-corrected chi connectivity index (χ1v) is 14.3. The van der Waals surface area contributed by atoms with Gasteiger partial charge in [-0.2, -0.15) is 0 Å². The van der Waals surface area contributed by atoms with Crippen LogP contribution in [0.4, 0.5) is 0 Å². The number of benzene rings is 2. The van der Waals surface area contributed by atoms with Crippen molar-refractivity contribution in [2.45, 2.75) is 56.8 Å². The van der Waals surface area contributed by atoms with Crippen LogP contribution in [-0.4, -0.2) is 67.9 Å². The Morgan fingerprint density at radius 1 is 1.04 bits per heavy atom. The highest BCUT2D eigenvalue weighted by Crippen LogP contribution is 2.64. The number of hydrogen-bond acceptors (Lipinski definition) is 12. The molecule has 2 aromatic rings. The lowest BCUT2D eigenvalue weighted by atomic mass is 9.60. The lowest BCUT2D eigenvalue weighted by Crippen LogP contribution is -2.61. The zero-order chi connectivity index (χ0) is 32.3. The van der Waals surface area contributed by atoms with Crippen LogP contribution in [0.5, 0.6) is 17.2 Å². The summed E-state index contributed by atoms with van der Waals surface area (Å²) in [7, 11) is 1.04. The van der Waals surface area contributed by atoms with E-state index in [9.17, 15) is 44.7 Å². The fourth-order valence-corrected chi connectivity index (χ4v) is 7.98. The number of aromatic hydroxyl groups is 2. The maximum atomic E-state index is 14.4. The van der Waals surface area contributed by atoms with Crippen molar-refractivity contribution in [3.63, 3.8) is 0 Å². The predicted octanol–water partition coefficient (Wildman–Crippen LogP) is 3.14. The van der Waals surface area contributed by atoms with E-state index in [4.69, 9.17) is 14.2 Å². The van der Waals surface area contributed by atoms with Gasteiger partial charge in [-0.05, 0) is 37.5 Å². The first-order chi connectivity index (χ1) is 21.3. The second-order valence-corrected chi connectivity index (χ2v) is 12.1. The van der Waals surface area contributed by atoms with Gasteiger partial charge in [0.25, 0.3) is 5.60 Å². The summed E-state index contributed by atoms with van der Waals surface area (Å²) in [6, 6.07) is 5.80. The molecular weight excluding hydrogens is 588 g/mol. The van der Waals surface area contributed by atoms with Crippen molar-refractivity contribution in [3.05, 3.63) is 74.9 Å². The number of hydrogen-bond donors (Lipinski definition) is 5. The van der Waals surface area contributed by atoms with Gasteiger partial charge in [0.05, 0.1) is 35.2 Å². The molecule has 0 radical (unpaired) electrons. The minimum atomic E-state index is -2.42. The third-order valence-electron chi connectivity index (χ3n) is 9.66. The first kappa shape index (κ1) is 28.7. The molecule has 45 heavy (non-hydrogen) atoms. The summed E-state index contributed by atoms with van der Waals surface area (Å²) >= 11 is 0. The number of esters is 2. The monoisotopic (exact) mass is 616 g/mol. The number of carbonyl (C=O) groups excluding carboxylic acids is 4. The molecule has 12 nitrogen and oxygen atoms in total. The lowest BCUT2D eigenvalue weighted by molar-refractivity contribution is -0.169. The molecule has 0 amide bonds. The summed E-state index contributed by atoms with van der Waals surface area (Å²) in [6.45, 7) is 2.84. The van der Waals surface area contributed by atoms with Gasteiger partial charge in [0.1, 0.15) is 46.5 Å². The number of carbonyl (C=O) groups is 4. The molecule has 2 aromatic carbocycles. The molecule has 12 heteroatoms. The van der Waals surface area contributed by atoms with Gasteiger partial charge >= 0.3 is 11.9 Å². The van der Waals surface area contributed by atoms with Crippen LogP contribution in [0.3, 0.4) is 0 Å². The first-order valence-electron chi connectivity index (χ1n) is 14.3. The fourth-order valence-electron chi connectivity index (χ4n) is 7.98. The zero-order valence-corrected chi connectivity index (χ0v) is 24.3. The molecule has 2 bridgehead atoms. The van der Waals surface area contributed by atoms with Crippen LogP contribution in [0.2, 0.25) is 0 Å². The third-order valence-corrected chi connectivity index (χ3v) is 9.66. The summed E-state index contributed by atoms with van der Waals surface area (Å²) in [5, 5.41) is 56.7. The Morgan fingerprint density at radius 3 is 2.44 bits per heavy atom. The van der Waals surface area contributed by atoms with Crippen molar-refractivity contribution in [3.8, 4) is 17.2 Å². The zero-order valence-electron chi connectivity index (χ0n) is 24.3. The van der Waals surface area contributed by atoms with Crippen LogP contribution < -0.4 is 4.74 Å². The predicted molar refractivity (Wildman–Crippen MR) is 153 cm³/mol. The molecule has 5 N–H and O–H groups in total. The maximum Gasteiger partial charge on any atom is 0.358 e. The Morgan fingerprint density at radius 2 is 1.76 bits per heavy atom. The van der Waals surface area contributed by atoms with Crippen LogP contribution >= 0.6 is 0 Å². The number of ether oxygens (including phenoxy) is 3. The van der Waals surface area contributed by atoms with Crippen molar-refractivity contribution < 1.29 is 58.9 Å². The van der Waals surface area contributed by atoms with Crippen molar-refractivity contribution in [1.82, 2.24) is 0 Å². The van der Waals surface area contributed by atoms with Crippen LogP contribution in [-0.2, 0) is 35.1 Å². The average molecular weight is 617 g/mol. The minimum absolute atomic E-state index is 0.0547. The molecule has 1 aliphatic heterocycles. The van der Waals surface area contributed by atoms with E-state index < -0.39 is 75.5 Å². The number of phenols is 2. The number of Topliss-reactive ketones (excluding diaryl/α,β-unsaturated/α-hetero) is 2. The van der Waals surface area contributed by atoms with Crippen LogP contribution in [0, 0.1) is 5.41 Å². The van der Waals surface area contributed by atoms with Crippen molar-refractivity contribution >= 4 is 35.0 Å². The van der Waals surface area contributed by atoms with Gasteiger partial charge in [-0.25, -0.2) is 4.79 Å². The number of aliphatic hydroxyl groups excluding tert-OH is 3. The molecule has 0 aromatic heterocycles. The Labute approximate surface area is 255 Å².